The standard InChI is InChI=1S/C15H7O7P/c16-8-6-9-11-13(21-23(18)20-12(8)14(11)22-23)10(15(17)19-9)7-4-2-1-3-5-7/h1-6,16H. The SMILES string of the molecule is O=c1oc2cc(O)c3c4c2c(c1-c1ccccc1)OP(=O)(O3)O4. The van der Waals surface area contributed by atoms with Gasteiger partial charge in [0.05, 0.1) is 0 Å². The topological polar surface area (TPSA) is 95.2 Å². The van der Waals surface area contributed by atoms with Gasteiger partial charge in [-0.15, -0.1) is 0 Å². The van der Waals surface area contributed by atoms with Gasteiger partial charge in [0, 0.05) is 6.07 Å². The van der Waals surface area contributed by atoms with Crippen molar-refractivity contribution in [2.75, 3.05) is 0 Å². The zero-order valence-corrected chi connectivity index (χ0v) is 12.2. The minimum absolute atomic E-state index is 0.0607. The second-order valence-corrected chi connectivity index (χ2v) is 6.55. The van der Waals surface area contributed by atoms with Crippen molar-refractivity contribution in [2.24, 2.45) is 0 Å². The van der Waals surface area contributed by atoms with E-state index in [1.54, 1.807) is 30.3 Å². The molecule has 3 aromatic rings. The third-order valence-corrected chi connectivity index (χ3v) is 4.93. The summed E-state index contributed by atoms with van der Waals surface area (Å²) in [4.78, 5) is 12.4. The molecule has 3 heterocycles. The molecule has 1 atom stereocenters. The van der Waals surface area contributed by atoms with Crippen LogP contribution in [0.3, 0.4) is 0 Å². The fourth-order valence-corrected chi connectivity index (χ4v) is 4.10. The van der Waals surface area contributed by atoms with E-state index in [0.717, 1.165) is 0 Å². The first-order valence-corrected chi connectivity index (χ1v) is 8.13. The van der Waals surface area contributed by atoms with E-state index in [-0.39, 0.29) is 34.1 Å². The maximum atomic E-state index is 12.5. The first kappa shape index (κ1) is 12.6. The predicted molar refractivity (Wildman–Crippen MR) is 79.1 cm³/mol. The number of aromatic hydroxyl groups is 1. The zero-order valence-electron chi connectivity index (χ0n) is 11.3. The predicted octanol–water partition coefficient (Wildman–Crippen LogP) is 3.44. The molecule has 0 amide bonds. The van der Waals surface area contributed by atoms with Crippen molar-refractivity contribution in [2.45, 2.75) is 0 Å². The van der Waals surface area contributed by atoms with Crippen molar-refractivity contribution in [1.82, 2.24) is 0 Å². The van der Waals surface area contributed by atoms with Gasteiger partial charge in [-0.05, 0) is 5.56 Å². The highest BCUT2D eigenvalue weighted by Gasteiger charge is 2.50. The molecule has 1 unspecified atom stereocenters. The van der Waals surface area contributed by atoms with Crippen LogP contribution >= 0.6 is 7.82 Å². The number of phenolic OH excluding ortho intramolecular Hbond substituents is 1. The second kappa shape index (κ2) is 3.88. The van der Waals surface area contributed by atoms with Crippen molar-refractivity contribution in [3.05, 3.63) is 46.8 Å². The van der Waals surface area contributed by atoms with E-state index < -0.39 is 13.4 Å². The lowest BCUT2D eigenvalue weighted by Gasteiger charge is -2.18. The van der Waals surface area contributed by atoms with Crippen LogP contribution in [0.15, 0.2) is 45.6 Å². The maximum Gasteiger partial charge on any atom is 0.647 e. The minimum Gasteiger partial charge on any atom is -0.504 e. The van der Waals surface area contributed by atoms with Crippen LogP contribution in [0.2, 0.25) is 0 Å². The molecule has 0 fully saturated rings. The first-order valence-electron chi connectivity index (χ1n) is 6.67. The number of benzene rings is 2. The Morgan fingerprint density at radius 1 is 0.957 bits per heavy atom. The molecule has 114 valence electrons. The van der Waals surface area contributed by atoms with Gasteiger partial charge in [-0.2, -0.15) is 4.57 Å². The van der Waals surface area contributed by atoms with E-state index in [2.05, 4.69) is 0 Å². The molecule has 7 nitrogen and oxygen atoms in total. The Hall–Kier alpha value is -2.92. The number of phosphoric acid groups is 1. The smallest absolute Gasteiger partial charge is 0.504 e. The van der Waals surface area contributed by atoms with Crippen molar-refractivity contribution in [3.63, 3.8) is 0 Å². The summed E-state index contributed by atoms with van der Waals surface area (Å²) in [5.41, 5.74) is 0.0731. The van der Waals surface area contributed by atoms with Crippen LogP contribution in [0.25, 0.3) is 22.1 Å². The van der Waals surface area contributed by atoms with Gasteiger partial charge in [0.2, 0.25) is 5.75 Å². The highest BCUT2D eigenvalue weighted by molar-refractivity contribution is 7.50. The molecule has 0 spiro atoms. The van der Waals surface area contributed by atoms with Crippen molar-refractivity contribution in [3.8, 4) is 34.1 Å². The molecule has 2 aromatic carbocycles. The molecule has 2 aliphatic heterocycles. The molecule has 0 saturated heterocycles. The number of rotatable bonds is 1. The summed E-state index contributed by atoms with van der Waals surface area (Å²) in [6.45, 7) is 0. The number of hydrogen-bond donors (Lipinski definition) is 1. The van der Waals surface area contributed by atoms with Gasteiger partial charge in [0.25, 0.3) is 0 Å². The summed E-state index contributed by atoms with van der Waals surface area (Å²) in [7, 11) is -3.95. The van der Waals surface area contributed by atoms with Crippen LogP contribution in [0.4, 0.5) is 0 Å². The summed E-state index contributed by atoms with van der Waals surface area (Å²) < 4.78 is 33.4. The highest BCUT2D eigenvalue weighted by Crippen LogP contribution is 2.69. The monoisotopic (exact) mass is 330 g/mol. The number of fused-ring (bicyclic) bond motifs is 1. The Labute approximate surface area is 128 Å². The van der Waals surface area contributed by atoms with Gasteiger partial charge in [-0.25, -0.2) is 4.79 Å². The van der Waals surface area contributed by atoms with Crippen LogP contribution in [0.1, 0.15) is 0 Å². The largest absolute Gasteiger partial charge is 0.647 e. The average molecular weight is 330 g/mol. The lowest BCUT2D eigenvalue weighted by atomic mass is 10.0. The van der Waals surface area contributed by atoms with Crippen LogP contribution in [0, 0.1) is 0 Å². The molecule has 23 heavy (non-hydrogen) atoms. The molecule has 1 N–H and O–H groups in total. The molecule has 0 radical (unpaired) electrons. The Balaban J connectivity index is 1.99. The Bertz CT molecular complexity index is 1100. The third kappa shape index (κ3) is 1.54. The van der Waals surface area contributed by atoms with Gasteiger partial charge in [-0.1, -0.05) is 30.3 Å². The molecular formula is C15H7O7P. The van der Waals surface area contributed by atoms with E-state index in [9.17, 15) is 14.5 Å². The molecular weight excluding hydrogens is 323 g/mol. The van der Waals surface area contributed by atoms with E-state index in [0.29, 0.717) is 10.9 Å². The van der Waals surface area contributed by atoms with Crippen molar-refractivity contribution in [1.29, 1.82) is 0 Å². The fourth-order valence-electron chi connectivity index (χ4n) is 2.78. The Morgan fingerprint density at radius 2 is 1.65 bits per heavy atom. The van der Waals surface area contributed by atoms with Crippen molar-refractivity contribution < 1.29 is 27.7 Å². The van der Waals surface area contributed by atoms with Crippen LogP contribution in [-0.4, -0.2) is 5.11 Å². The quantitative estimate of drug-likeness (QED) is 0.539. The first-order chi connectivity index (χ1) is 11.1. The summed E-state index contributed by atoms with van der Waals surface area (Å²) in [6, 6.07) is 9.93. The van der Waals surface area contributed by atoms with Gasteiger partial charge >= 0.3 is 13.4 Å². The molecule has 2 bridgehead atoms. The Kier molecular flexibility index (Phi) is 2.13. The minimum atomic E-state index is -3.95. The summed E-state index contributed by atoms with van der Waals surface area (Å²) in [6.07, 6.45) is 0. The molecule has 0 saturated carbocycles. The van der Waals surface area contributed by atoms with Crippen LogP contribution in [-0.2, 0) is 4.57 Å². The number of phenols is 1. The fraction of sp³-hybridized carbons (Fsp3) is 0. The van der Waals surface area contributed by atoms with E-state index in [1.165, 1.54) is 6.07 Å². The van der Waals surface area contributed by atoms with E-state index in [4.69, 9.17) is 18.0 Å². The van der Waals surface area contributed by atoms with Crippen molar-refractivity contribution >= 4 is 18.8 Å². The second-order valence-electron chi connectivity index (χ2n) is 5.11. The van der Waals surface area contributed by atoms with Crippen LogP contribution in [0.5, 0.6) is 23.0 Å². The Morgan fingerprint density at radius 3 is 2.43 bits per heavy atom. The summed E-state index contributed by atoms with van der Waals surface area (Å²) in [5, 5.41) is 10.2. The zero-order chi connectivity index (χ0) is 15.8. The van der Waals surface area contributed by atoms with E-state index >= 15 is 0 Å². The molecule has 2 aliphatic rings. The van der Waals surface area contributed by atoms with Gasteiger partial charge in [0.1, 0.15) is 16.5 Å². The maximum absolute atomic E-state index is 12.5. The molecule has 8 heteroatoms. The van der Waals surface area contributed by atoms with Gasteiger partial charge in [0.15, 0.2) is 17.2 Å². The summed E-state index contributed by atoms with van der Waals surface area (Å²) in [5.74, 6) is -0.277. The number of phosphoric ester groups is 1. The van der Waals surface area contributed by atoms with E-state index in [1.807, 2.05) is 0 Å². The van der Waals surface area contributed by atoms with Gasteiger partial charge < -0.3 is 23.1 Å². The lowest BCUT2D eigenvalue weighted by molar-refractivity contribution is 0.324. The third-order valence-electron chi connectivity index (χ3n) is 3.71. The van der Waals surface area contributed by atoms with Crippen LogP contribution < -0.4 is 19.2 Å². The molecule has 5 rings (SSSR count). The molecule has 1 aromatic heterocycles. The summed E-state index contributed by atoms with van der Waals surface area (Å²) >= 11 is 0. The highest BCUT2D eigenvalue weighted by atomic mass is 31.2. The normalized spacial score (nSPS) is 20.2. The number of hydrogen-bond acceptors (Lipinski definition) is 7. The lowest BCUT2D eigenvalue weighted by Crippen LogP contribution is -2.11. The van der Waals surface area contributed by atoms with Gasteiger partial charge in [-0.3, -0.25) is 0 Å². The molecule has 0 aliphatic carbocycles. The average Bonchev–Trinajstić information content (AvgIpc) is 2.81.